The summed E-state index contributed by atoms with van der Waals surface area (Å²) in [6.45, 7) is 5.08. The van der Waals surface area contributed by atoms with Gasteiger partial charge in [-0.15, -0.1) is 11.3 Å². The number of aldehydes is 1. The van der Waals surface area contributed by atoms with Gasteiger partial charge in [-0.1, -0.05) is 26.7 Å². The van der Waals surface area contributed by atoms with Gasteiger partial charge in [-0.3, -0.25) is 24.5 Å². The van der Waals surface area contributed by atoms with Crippen molar-refractivity contribution < 1.29 is 23.9 Å². The standard InChI is InChI=1S/C28H34N6O5S/c1-16(2)13-32(19-6-7-19)28-30-22(15-40-28)25(36)33(20(14-35)10-17-4-5-17)26(37)24-12-18-11-21(39-3)8-9-23(18)34(24)27(38)31-29/h8-9,11-12,14-17,19-20H,4-7,10,13,29H2,1-3H3,(H,31,38)/t20-/m0/s1. The Hall–Kier alpha value is -3.77. The fraction of sp³-hybridized carbons (Fsp3) is 0.464. The third-order valence-corrected chi connectivity index (χ3v) is 8.14. The van der Waals surface area contributed by atoms with E-state index in [0.717, 1.165) is 46.8 Å². The molecule has 2 fully saturated rings. The van der Waals surface area contributed by atoms with Gasteiger partial charge in [0.15, 0.2) is 5.13 Å². The molecule has 2 aliphatic rings. The van der Waals surface area contributed by atoms with E-state index in [1.54, 1.807) is 23.6 Å². The topological polar surface area (TPSA) is 140 Å². The number of anilines is 1. The number of carbonyl (C=O) groups excluding carboxylic acids is 4. The van der Waals surface area contributed by atoms with Crippen molar-refractivity contribution >= 4 is 51.5 Å². The zero-order valence-corrected chi connectivity index (χ0v) is 23.6. The van der Waals surface area contributed by atoms with Crippen LogP contribution in [0.15, 0.2) is 29.6 Å². The summed E-state index contributed by atoms with van der Waals surface area (Å²) in [5, 5.41) is 2.90. The van der Waals surface area contributed by atoms with Crippen molar-refractivity contribution in [2.75, 3.05) is 18.6 Å². The first-order chi connectivity index (χ1) is 19.2. The summed E-state index contributed by atoms with van der Waals surface area (Å²) in [5.41, 5.74) is 2.46. The molecule has 3 amide bonds. The minimum Gasteiger partial charge on any atom is -0.497 e. The van der Waals surface area contributed by atoms with Crippen molar-refractivity contribution in [1.29, 1.82) is 0 Å². The zero-order valence-electron chi connectivity index (χ0n) is 22.8. The Balaban J connectivity index is 1.55. The number of imide groups is 1. The van der Waals surface area contributed by atoms with Gasteiger partial charge in [0.2, 0.25) is 0 Å². The van der Waals surface area contributed by atoms with Crippen LogP contribution in [0.5, 0.6) is 5.75 Å². The first-order valence-electron chi connectivity index (χ1n) is 13.5. The maximum absolute atomic E-state index is 14.2. The van der Waals surface area contributed by atoms with Gasteiger partial charge in [0.05, 0.1) is 18.7 Å². The summed E-state index contributed by atoms with van der Waals surface area (Å²) in [6, 6.07) is 5.09. The first kappa shape index (κ1) is 27.8. The molecule has 3 aromatic rings. The molecular formula is C28H34N6O5S. The first-order valence-corrected chi connectivity index (χ1v) is 14.4. The van der Waals surface area contributed by atoms with Gasteiger partial charge in [0, 0.05) is 23.4 Å². The number of hydrogen-bond acceptors (Lipinski definition) is 9. The number of thiazole rings is 1. The summed E-state index contributed by atoms with van der Waals surface area (Å²) in [5.74, 6) is 5.19. The van der Waals surface area contributed by atoms with Crippen LogP contribution in [0.3, 0.4) is 0 Å². The molecule has 0 radical (unpaired) electrons. The minimum atomic E-state index is -1.00. The van der Waals surface area contributed by atoms with Crippen LogP contribution in [0.25, 0.3) is 10.9 Å². The van der Waals surface area contributed by atoms with Gasteiger partial charge < -0.3 is 14.4 Å². The number of benzene rings is 1. The number of hydrazine groups is 1. The van der Waals surface area contributed by atoms with Crippen LogP contribution in [0.2, 0.25) is 0 Å². The molecule has 2 saturated carbocycles. The lowest BCUT2D eigenvalue weighted by molar-refractivity contribution is -0.111. The van der Waals surface area contributed by atoms with Gasteiger partial charge in [-0.25, -0.2) is 15.6 Å². The minimum absolute atomic E-state index is 0.0954. The Bertz CT molecular complexity index is 1440. The smallest absolute Gasteiger partial charge is 0.340 e. The van der Waals surface area contributed by atoms with Crippen molar-refractivity contribution in [2.24, 2.45) is 17.7 Å². The number of hydrogen-bond donors (Lipinski definition) is 2. The maximum Gasteiger partial charge on any atom is 0.340 e. The Kier molecular flexibility index (Phi) is 7.90. The second kappa shape index (κ2) is 11.4. The van der Waals surface area contributed by atoms with Crippen molar-refractivity contribution in [3.05, 3.63) is 41.0 Å². The van der Waals surface area contributed by atoms with Gasteiger partial charge >= 0.3 is 6.03 Å². The number of amides is 3. The number of methoxy groups -OCH3 is 1. The van der Waals surface area contributed by atoms with Gasteiger partial charge in [-0.05, 0) is 55.4 Å². The van der Waals surface area contributed by atoms with Gasteiger partial charge in [0.25, 0.3) is 11.8 Å². The fourth-order valence-corrected chi connectivity index (χ4v) is 5.86. The highest BCUT2D eigenvalue weighted by Gasteiger charge is 2.39. The van der Waals surface area contributed by atoms with Crippen LogP contribution < -0.4 is 20.9 Å². The highest BCUT2D eigenvalue weighted by molar-refractivity contribution is 7.14. The number of carbonyl (C=O) groups is 4. The van der Waals surface area contributed by atoms with E-state index < -0.39 is 23.9 Å². The summed E-state index contributed by atoms with van der Waals surface area (Å²) in [6.07, 6.45) is 5.01. The summed E-state index contributed by atoms with van der Waals surface area (Å²) in [4.78, 5) is 61.2. The molecule has 0 aliphatic heterocycles. The molecule has 3 N–H and O–H groups in total. The summed E-state index contributed by atoms with van der Waals surface area (Å²) < 4.78 is 6.41. The molecule has 40 heavy (non-hydrogen) atoms. The van der Waals surface area contributed by atoms with Gasteiger partial charge in [0.1, 0.15) is 23.4 Å². The lowest BCUT2D eigenvalue weighted by atomic mass is 10.1. The zero-order chi connectivity index (χ0) is 28.6. The van der Waals surface area contributed by atoms with E-state index in [1.165, 1.54) is 24.5 Å². The van der Waals surface area contributed by atoms with Crippen LogP contribution in [0, 0.1) is 11.8 Å². The van der Waals surface area contributed by atoms with E-state index in [9.17, 15) is 19.2 Å². The highest BCUT2D eigenvalue weighted by Crippen LogP contribution is 2.37. The third-order valence-electron chi connectivity index (χ3n) is 7.26. The monoisotopic (exact) mass is 566 g/mol. The molecule has 5 rings (SSSR count). The van der Waals surface area contributed by atoms with Crippen molar-refractivity contribution in [1.82, 2.24) is 19.9 Å². The molecule has 1 atom stereocenters. The van der Waals surface area contributed by atoms with Crippen LogP contribution in [0.1, 0.15) is 66.9 Å². The summed E-state index contributed by atoms with van der Waals surface area (Å²) in [7, 11) is 1.51. The number of nitrogens with two attached hydrogens (primary N) is 1. The van der Waals surface area contributed by atoms with Gasteiger partial charge in [-0.2, -0.15) is 0 Å². The number of nitrogens with zero attached hydrogens (tertiary/aromatic N) is 4. The molecule has 0 unspecified atom stereocenters. The van der Waals surface area contributed by atoms with Crippen LogP contribution in [-0.2, 0) is 4.79 Å². The number of aromatic nitrogens is 2. The Labute approximate surface area is 236 Å². The molecule has 11 nitrogen and oxygen atoms in total. The molecule has 0 spiro atoms. The van der Waals surface area contributed by atoms with Crippen molar-refractivity contribution in [3.63, 3.8) is 0 Å². The van der Waals surface area contributed by atoms with E-state index in [-0.39, 0.29) is 17.3 Å². The molecule has 2 aliphatic carbocycles. The van der Waals surface area contributed by atoms with Crippen LogP contribution >= 0.6 is 11.3 Å². The number of ether oxygens (including phenoxy) is 1. The average Bonchev–Trinajstić information content (AvgIpc) is 3.87. The van der Waals surface area contributed by atoms with Crippen LogP contribution in [-0.4, -0.2) is 64.3 Å². The Morgan fingerprint density at radius 1 is 1.20 bits per heavy atom. The quantitative estimate of drug-likeness (QED) is 0.117. The normalized spacial score (nSPS) is 15.6. The lowest BCUT2D eigenvalue weighted by Gasteiger charge is -2.26. The van der Waals surface area contributed by atoms with E-state index >= 15 is 0 Å². The largest absolute Gasteiger partial charge is 0.497 e. The Morgan fingerprint density at radius 3 is 2.55 bits per heavy atom. The predicted octanol–water partition coefficient (Wildman–Crippen LogP) is 3.81. The number of rotatable bonds is 11. The molecule has 1 aromatic carbocycles. The Morgan fingerprint density at radius 2 is 1.95 bits per heavy atom. The second-order valence-corrected chi connectivity index (χ2v) is 11.7. The number of nitrogen functional groups attached to an aromatic ring is 1. The van der Waals surface area contributed by atoms with Crippen LogP contribution in [0.4, 0.5) is 9.93 Å². The number of fused-ring (bicyclic) bond motifs is 1. The lowest BCUT2D eigenvalue weighted by Crippen LogP contribution is -2.47. The molecule has 212 valence electrons. The molecular weight excluding hydrogens is 532 g/mol. The predicted molar refractivity (Wildman–Crippen MR) is 152 cm³/mol. The fourth-order valence-electron chi connectivity index (χ4n) is 4.98. The molecule has 2 aromatic heterocycles. The SMILES string of the molecule is COc1ccc2c(c1)cc(C(=O)N(C(=O)c1csc(N(CC(C)C)C3CC3)n1)[C@H](C=O)CC1CC1)n2C(=O)NN. The highest BCUT2D eigenvalue weighted by atomic mass is 32.1. The average molecular weight is 567 g/mol. The molecule has 0 bridgehead atoms. The molecule has 12 heteroatoms. The van der Waals surface area contributed by atoms with E-state index in [1.807, 2.05) is 0 Å². The van der Waals surface area contributed by atoms with E-state index in [2.05, 4.69) is 29.2 Å². The van der Waals surface area contributed by atoms with E-state index in [0.29, 0.717) is 41.3 Å². The number of nitrogens with one attached hydrogen (secondary N) is 1. The third kappa shape index (κ3) is 5.59. The van der Waals surface area contributed by atoms with Crippen molar-refractivity contribution in [3.8, 4) is 5.75 Å². The van der Waals surface area contributed by atoms with E-state index in [4.69, 9.17) is 10.6 Å². The summed E-state index contributed by atoms with van der Waals surface area (Å²) >= 11 is 1.35. The molecule has 0 saturated heterocycles. The molecule has 2 heterocycles. The second-order valence-electron chi connectivity index (χ2n) is 10.9. The van der Waals surface area contributed by atoms with Crippen molar-refractivity contribution in [2.45, 2.75) is 58.0 Å². The maximum atomic E-state index is 14.2.